The lowest BCUT2D eigenvalue weighted by Gasteiger charge is -2.57. The molecule has 0 aromatic heterocycles. The van der Waals surface area contributed by atoms with Gasteiger partial charge in [-0.15, -0.1) is 0 Å². The van der Waals surface area contributed by atoms with Crippen LogP contribution in [0.3, 0.4) is 0 Å². The van der Waals surface area contributed by atoms with E-state index in [0.717, 1.165) is 67.4 Å². The van der Waals surface area contributed by atoms with Crippen LogP contribution in [0.4, 0.5) is 4.39 Å². The summed E-state index contributed by atoms with van der Waals surface area (Å²) in [5, 5.41) is 20.9. The van der Waals surface area contributed by atoms with Crippen molar-refractivity contribution in [2.75, 3.05) is 13.1 Å². The number of hydrogen-bond donors (Lipinski definition) is 2. The maximum Gasteiger partial charge on any atom is 0.264 e. The minimum absolute atomic E-state index is 0.0983. The van der Waals surface area contributed by atoms with Crippen molar-refractivity contribution < 1.29 is 14.3 Å². The van der Waals surface area contributed by atoms with E-state index >= 15 is 4.39 Å². The number of aromatic hydroxyl groups is 1. The van der Waals surface area contributed by atoms with Crippen LogP contribution in [0.25, 0.3) is 17.2 Å². The second-order valence-corrected chi connectivity index (χ2v) is 12.8. The summed E-state index contributed by atoms with van der Waals surface area (Å²) < 4.78 is 15.2. The van der Waals surface area contributed by atoms with E-state index in [1.54, 1.807) is 0 Å². The number of hydrazone groups is 1. The van der Waals surface area contributed by atoms with Crippen LogP contribution in [0.2, 0.25) is 0 Å². The molecule has 2 aromatic carbocycles. The molecule has 2 saturated heterocycles. The second-order valence-electron chi connectivity index (χ2n) is 11.8. The highest BCUT2D eigenvalue weighted by Crippen LogP contribution is 2.62. The monoisotopic (exact) mass is 517 g/mol. The van der Waals surface area contributed by atoms with Crippen molar-refractivity contribution in [2.24, 2.45) is 22.9 Å². The summed E-state index contributed by atoms with van der Waals surface area (Å²) in [5.41, 5.74) is 3.25. The van der Waals surface area contributed by atoms with Gasteiger partial charge in [0, 0.05) is 18.7 Å². The number of carbonyl (C=O) groups is 1. The fraction of sp³-hybridized carbons (Fsp3) is 0.467. The van der Waals surface area contributed by atoms with Gasteiger partial charge in [-0.3, -0.25) is 15.1 Å². The fourth-order valence-electron chi connectivity index (χ4n) is 7.97. The van der Waals surface area contributed by atoms with Crippen LogP contribution in [0.15, 0.2) is 46.4 Å². The van der Waals surface area contributed by atoms with Gasteiger partial charge in [0.25, 0.3) is 5.91 Å². The van der Waals surface area contributed by atoms with E-state index in [-0.39, 0.29) is 17.1 Å². The molecule has 7 heteroatoms. The number of rotatable bonds is 4. The van der Waals surface area contributed by atoms with E-state index in [1.165, 1.54) is 37.1 Å². The van der Waals surface area contributed by atoms with Gasteiger partial charge >= 0.3 is 0 Å². The number of carbonyl (C=O) groups excluding carboxylic acids is 1. The third-order valence-corrected chi connectivity index (χ3v) is 10.1. The van der Waals surface area contributed by atoms with Gasteiger partial charge in [0.15, 0.2) is 16.7 Å². The molecule has 2 aromatic rings. The van der Waals surface area contributed by atoms with Gasteiger partial charge in [-0.25, -0.2) is 4.39 Å². The Balaban J connectivity index is 1.19. The van der Waals surface area contributed by atoms with Gasteiger partial charge in [0.2, 0.25) is 0 Å². The molecule has 0 spiro atoms. The Labute approximate surface area is 221 Å². The van der Waals surface area contributed by atoms with Crippen LogP contribution in [0.1, 0.15) is 62.5 Å². The number of phenols is 1. The zero-order valence-corrected chi connectivity index (χ0v) is 21.7. The molecule has 0 radical (unpaired) electrons. The molecule has 4 bridgehead atoms. The molecule has 37 heavy (non-hydrogen) atoms. The van der Waals surface area contributed by atoms with Crippen LogP contribution in [0.5, 0.6) is 5.75 Å². The number of amidine groups is 1. The fourth-order valence-corrected chi connectivity index (χ4v) is 8.82. The molecule has 4 aliphatic carbocycles. The Kier molecular flexibility index (Phi) is 5.61. The molecule has 2 heterocycles. The predicted octanol–water partition coefficient (Wildman–Crippen LogP) is 6.24. The third kappa shape index (κ3) is 4.25. The maximum atomic E-state index is 15.2. The van der Waals surface area contributed by atoms with Gasteiger partial charge in [-0.2, -0.15) is 5.10 Å². The normalized spacial score (nSPS) is 32.6. The smallest absolute Gasteiger partial charge is 0.264 e. The van der Waals surface area contributed by atoms with Gasteiger partial charge in [0.1, 0.15) is 0 Å². The molecule has 0 unspecified atom stereocenters. The highest BCUT2D eigenvalue weighted by Gasteiger charge is 2.52. The first-order valence-corrected chi connectivity index (χ1v) is 14.4. The van der Waals surface area contributed by atoms with Crippen molar-refractivity contribution in [1.82, 2.24) is 10.3 Å². The Morgan fingerprint density at radius 1 is 1.03 bits per heavy atom. The summed E-state index contributed by atoms with van der Waals surface area (Å²) in [4.78, 5) is 13.2. The first-order chi connectivity index (χ1) is 17.9. The summed E-state index contributed by atoms with van der Waals surface area (Å²) in [6, 6.07) is 11.3. The average molecular weight is 518 g/mol. The first-order valence-electron chi connectivity index (χ1n) is 13.6. The van der Waals surface area contributed by atoms with Gasteiger partial charge in [-0.05, 0) is 127 Å². The topological polar surface area (TPSA) is 64.9 Å². The summed E-state index contributed by atoms with van der Waals surface area (Å²) in [6.45, 7) is 1.85. The number of phenolic OH excluding ortho intramolecular Hbond substituents is 1. The lowest BCUT2D eigenvalue weighted by molar-refractivity contribution is -0.115. The quantitative estimate of drug-likeness (QED) is 0.472. The number of nitrogens with zero attached hydrogens (tertiary/aromatic N) is 2. The van der Waals surface area contributed by atoms with Crippen molar-refractivity contribution >= 4 is 28.9 Å². The van der Waals surface area contributed by atoms with E-state index < -0.39 is 5.82 Å². The minimum atomic E-state index is -0.541. The summed E-state index contributed by atoms with van der Waals surface area (Å²) >= 11 is 1.36. The molecule has 5 nitrogen and oxygen atoms in total. The molecule has 2 N–H and O–H groups in total. The van der Waals surface area contributed by atoms with Crippen LogP contribution in [-0.2, 0) is 10.2 Å². The van der Waals surface area contributed by atoms with Crippen molar-refractivity contribution in [3.05, 3.63) is 58.2 Å². The lowest BCUT2D eigenvalue weighted by Crippen LogP contribution is -2.48. The molecule has 6 fully saturated rings. The molecule has 8 rings (SSSR count). The predicted molar refractivity (Wildman–Crippen MR) is 145 cm³/mol. The van der Waals surface area contributed by atoms with Crippen molar-refractivity contribution in [3.8, 4) is 16.9 Å². The van der Waals surface area contributed by atoms with E-state index in [4.69, 9.17) is 0 Å². The Morgan fingerprint density at radius 2 is 1.73 bits per heavy atom. The van der Waals surface area contributed by atoms with E-state index in [1.807, 2.05) is 41.4 Å². The molecule has 6 aliphatic rings. The Bertz CT molecular complexity index is 1290. The second kappa shape index (κ2) is 8.90. The van der Waals surface area contributed by atoms with Crippen molar-refractivity contribution in [1.29, 1.82) is 0 Å². The Hall–Kier alpha value is -2.80. The van der Waals surface area contributed by atoms with Crippen LogP contribution in [0, 0.1) is 23.6 Å². The molecular formula is C30H32FN3O2S. The zero-order chi connectivity index (χ0) is 25.1. The van der Waals surface area contributed by atoms with Crippen molar-refractivity contribution in [2.45, 2.75) is 56.8 Å². The molecule has 0 atom stereocenters. The van der Waals surface area contributed by atoms with Gasteiger partial charge < -0.3 is 5.11 Å². The van der Waals surface area contributed by atoms with E-state index in [0.29, 0.717) is 27.8 Å². The van der Waals surface area contributed by atoms with Gasteiger partial charge in [0.05, 0.1) is 4.91 Å². The third-order valence-electron chi connectivity index (χ3n) is 9.16. The summed E-state index contributed by atoms with van der Waals surface area (Å²) in [6.07, 6.45) is 11.2. The van der Waals surface area contributed by atoms with Crippen molar-refractivity contribution in [3.63, 3.8) is 0 Å². The molecule has 2 aliphatic heterocycles. The minimum Gasteiger partial charge on any atom is -0.505 e. The number of halogens is 1. The first kappa shape index (κ1) is 23.3. The number of thioether (sulfide) groups is 1. The van der Waals surface area contributed by atoms with Crippen LogP contribution >= 0.6 is 11.8 Å². The average Bonchev–Trinajstić information content (AvgIpc) is 3.49. The van der Waals surface area contributed by atoms with Gasteiger partial charge in [-0.1, -0.05) is 18.2 Å². The summed E-state index contributed by atoms with van der Waals surface area (Å²) in [5.74, 6) is 1.28. The SMILES string of the molecule is O=C1N/C(=N\N2CCCC2)S/C1=C\c1cccc(-c2cc(F)c(O)c(C34CC5CC(CC(C5)C3)C4)c2)c1. The molecular weight excluding hydrogens is 485 g/mol. The number of benzene rings is 2. The molecule has 1 amide bonds. The number of nitrogens with one attached hydrogen (secondary N) is 1. The standard InChI is InChI=1S/C30H32FN3O2S/c31-25-14-23(13-24(27(25)35)30-15-19-8-20(16-30)10-21(9-19)17-30)22-5-3-4-18(11-22)12-26-28(36)32-29(37-26)33-34-6-1-2-7-34/h3-5,11-14,19-21,35H,1-2,6-10,15-17H2,(H,32,33,36)/b26-12-. The number of amides is 1. The molecule has 192 valence electrons. The van der Waals surface area contributed by atoms with E-state index in [2.05, 4.69) is 10.4 Å². The highest BCUT2D eigenvalue weighted by molar-refractivity contribution is 8.18. The largest absolute Gasteiger partial charge is 0.505 e. The summed E-state index contributed by atoms with van der Waals surface area (Å²) in [7, 11) is 0. The van der Waals surface area contributed by atoms with E-state index in [9.17, 15) is 9.90 Å². The van der Waals surface area contributed by atoms with Crippen LogP contribution < -0.4 is 5.32 Å². The highest BCUT2D eigenvalue weighted by atomic mass is 32.2. The lowest BCUT2D eigenvalue weighted by atomic mass is 9.48. The number of hydrogen-bond acceptors (Lipinski definition) is 5. The Morgan fingerprint density at radius 3 is 2.43 bits per heavy atom. The maximum absolute atomic E-state index is 15.2. The zero-order valence-electron chi connectivity index (χ0n) is 20.9. The molecule has 4 saturated carbocycles. The van der Waals surface area contributed by atoms with Crippen LogP contribution in [-0.4, -0.2) is 34.3 Å².